The van der Waals surface area contributed by atoms with E-state index in [1.807, 2.05) is 12.1 Å². The van der Waals surface area contributed by atoms with Gasteiger partial charge in [0.05, 0.1) is 4.92 Å². The first-order valence-corrected chi connectivity index (χ1v) is 7.04. The second kappa shape index (κ2) is 5.20. The molecule has 0 bridgehead atoms. The number of rotatable bonds is 3. The van der Waals surface area contributed by atoms with E-state index in [0.717, 1.165) is 24.8 Å². The number of benzene rings is 1. The molecule has 0 spiro atoms. The Morgan fingerprint density at radius 2 is 2.10 bits per heavy atom. The van der Waals surface area contributed by atoms with E-state index in [1.54, 1.807) is 14.0 Å². The first-order valence-electron chi connectivity index (χ1n) is 7.04. The fourth-order valence-electron chi connectivity index (χ4n) is 2.90. The number of fused-ring (bicyclic) bond motifs is 1. The Morgan fingerprint density at radius 3 is 2.86 bits per heavy atom. The number of nitrogens with zero attached hydrogens (tertiary/aromatic N) is 3. The molecule has 110 valence electrons. The lowest BCUT2D eigenvalue weighted by molar-refractivity contribution is -0.386. The maximum Gasteiger partial charge on any atom is 0.353 e. The van der Waals surface area contributed by atoms with Crippen LogP contribution >= 0.6 is 0 Å². The van der Waals surface area contributed by atoms with Crippen molar-refractivity contribution in [2.45, 2.75) is 32.6 Å². The Hall–Kier alpha value is -2.37. The lowest BCUT2D eigenvalue weighted by atomic mass is 9.91. The minimum Gasteiger partial charge on any atom is -0.434 e. The third-order valence-electron chi connectivity index (χ3n) is 3.88. The molecule has 0 unspecified atom stereocenters. The summed E-state index contributed by atoms with van der Waals surface area (Å²) >= 11 is 0. The summed E-state index contributed by atoms with van der Waals surface area (Å²) in [5, 5.41) is 15.3. The standard InChI is InChI=1S/C15H17N3O3/c1-10-14(18(19)20)15(17(2)16-10)21-13-9-5-7-11-6-3-4-8-12(11)13/h5,7,9H,3-4,6,8H2,1-2H3. The predicted octanol–water partition coefficient (Wildman–Crippen LogP) is 3.31. The lowest BCUT2D eigenvalue weighted by Crippen LogP contribution is -2.06. The molecule has 1 aliphatic carbocycles. The number of aryl methyl sites for hydroxylation is 3. The van der Waals surface area contributed by atoms with Crippen LogP contribution in [-0.2, 0) is 19.9 Å². The number of ether oxygens (including phenoxy) is 1. The third-order valence-corrected chi connectivity index (χ3v) is 3.88. The van der Waals surface area contributed by atoms with E-state index in [9.17, 15) is 10.1 Å². The molecule has 0 atom stereocenters. The van der Waals surface area contributed by atoms with Gasteiger partial charge in [0.15, 0.2) is 0 Å². The zero-order valence-corrected chi connectivity index (χ0v) is 12.1. The molecular weight excluding hydrogens is 270 g/mol. The molecule has 6 heteroatoms. The molecule has 0 saturated carbocycles. The summed E-state index contributed by atoms with van der Waals surface area (Å²) in [5.74, 6) is 0.898. The molecule has 1 aromatic carbocycles. The summed E-state index contributed by atoms with van der Waals surface area (Å²) in [6.45, 7) is 1.62. The first-order chi connectivity index (χ1) is 10.1. The topological polar surface area (TPSA) is 70.2 Å². The van der Waals surface area contributed by atoms with Crippen molar-refractivity contribution < 1.29 is 9.66 Å². The molecule has 6 nitrogen and oxygen atoms in total. The minimum absolute atomic E-state index is 0.0640. The van der Waals surface area contributed by atoms with Crippen LogP contribution in [0.2, 0.25) is 0 Å². The molecule has 0 N–H and O–H groups in total. The van der Waals surface area contributed by atoms with Gasteiger partial charge < -0.3 is 4.74 Å². The fraction of sp³-hybridized carbons (Fsp3) is 0.400. The van der Waals surface area contributed by atoms with Gasteiger partial charge in [-0.3, -0.25) is 10.1 Å². The van der Waals surface area contributed by atoms with E-state index >= 15 is 0 Å². The van der Waals surface area contributed by atoms with Crippen LogP contribution in [-0.4, -0.2) is 14.7 Å². The Morgan fingerprint density at radius 1 is 1.33 bits per heavy atom. The Bertz CT molecular complexity index is 706. The van der Waals surface area contributed by atoms with Crippen molar-refractivity contribution in [3.05, 3.63) is 45.1 Å². The highest BCUT2D eigenvalue weighted by molar-refractivity contribution is 5.50. The molecule has 0 amide bonds. The lowest BCUT2D eigenvalue weighted by Gasteiger charge is -2.18. The molecule has 0 aliphatic heterocycles. The van der Waals surface area contributed by atoms with Crippen LogP contribution in [0.1, 0.15) is 29.7 Å². The SMILES string of the molecule is Cc1nn(C)c(Oc2cccc3c2CCCC3)c1[N+](=O)[O-]. The summed E-state index contributed by atoms with van der Waals surface area (Å²) in [4.78, 5) is 10.8. The molecule has 21 heavy (non-hydrogen) atoms. The maximum absolute atomic E-state index is 11.2. The van der Waals surface area contributed by atoms with Gasteiger partial charge >= 0.3 is 5.69 Å². The van der Waals surface area contributed by atoms with E-state index in [-0.39, 0.29) is 11.6 Å². The van der Waals surface area contributed by atoms with Crippen molar-refractivity contribution in [1.82, 2.24) is 9.78 Å². The molecule has 0 radical (unpaired) electrons. The number of aromatic nitrogens is 2. The van der Waals surface area contributed by atoms with Gasteiger partial charge in [0.1, 0.15) is 11.4 Å². The first kappa shape index (κ1) is 13.6. The van der Waals surface area contributed by atoms with Crippen LogP contribution in [0.4, 0.5) is 5.69 Å². The van der Waals surface area contributed by atoms with Crippen LogP contribution in [0, 0.1) is 17.0 Å². The van der Waals surface area contributed by atoms with Crippen molar-refractivity contribution in [2.75, 3.05) is 0 Å². The van der Waals surface area contributed by atoms with Crippen LogP contribution in [0.25, 0.3) is 0 Å². The van der Waals surface area contributed by atoms with Crippen molar-refractivity contribution in [3.8, 4) is 11.6 Å². The Labute approximate surface area is 122 Å². The second-order valence-corrected chi connectivity index (χ2v) is 5.32. The molecule has 0 fully saturated rings. The predicted molar refractivity (Wildman–Crippen MR) is 77.8 cm³/mol. The quantitative estimate of drug-likeness (QED) is 0.641. The van der Waals surface area contributed by atoms with E-state index in [1.165, 1.54) is 16.7 Å². The van der Waals surface area contributed by atoms with Gasteiger partial charge in [0.25, 0.3) is 5.88 Å². The molecule has 1 heterocycles. The normalized spacial score (nSPS) is 13.8. The van der Waals surface area contributed by atoms with Gasteiger partial charge in [-0.25, -0.2) is 4.68 Å². The summed E-state index contributed by atoms with van der Waals surface area (Å²) < 4.78 is 7.31. The zero-order valence-electron chi connectivity index (χ0n) is 12.1. The van der Waals surface area contributed by atoms with Gasteiger partial charge in [-0.1, -0.05) is 12.1 Å². The zero-order chi connectivity index (χ0) is 15.0. The van der Waals surface area contributed by atoms with E-state index in [4.69, 9.17) is 4.74 Å². The molecule has 3 rings (SSSR count). The summed E-state index contributed by atoms with van der Waals surface area (Å²) in [5.41, 5.74) is 2.74. The number of hydrogen-bond donors (Lipinski definition) is 0. The van der Waals surface area contributed by atoms with Gasteiger partial charge in [0, 0.05) is 7.05 Å². The van der Waals surface area contributed by atoms with Crippen LogP contribution < -0.4 is 4.74 Å². The smallest absolute Gasteiger partial charge is 0.353 e. The van der Waals surface area contributed by atoms with Crippen molar-refractivity contribution in [1.29, 1.82) is 0 Å². The van der Waals surface area contributed by atoms with E-state index in [0.29, 0.717) is 11.4 Å². The summed E-state index contributed by atoms with van der Waals surface area (Å²) in [6, 6.07) is 5.91. The number of hydrogen-bond acceptors (Lipinski definition) is 4. The minimum atomic E-state index is -0.437. The molecule has 1 aromatic heterocycles. The van der Waals surface area contributed by atoms with Crippen molar-refractivity contribution >= 4 is 5.69 Å². The average Bonchev–Trinajstić information content (AvgIpc) is 2.73. The highest BCUT2D eigenvalue weighted by atomic mass is 16.6. The highest BCUT2D eigenvalue weighted by Crippen LogP contribution is 2.37. The van der Waals surface area contributed by atoms with Gasteiger partial charge in [0.2, 0.25) is 0 Å². The monoisotopic (exact) mass is 287 g/mol. The number of nitro groups is 1. The van der Waals surface area contributed by atoms with Gasteiger partial charge in [-0.05, 0) is 49.8 Å². The molecule has 0 saturated heterocycles. The van der Waals surface area contributed by atoms with Crippen LogP contribution in [0.5, 0.6) is 11.6 Å². The van der Waals surface area contributed by atoms with Crippen molar-refractivity contribution in [3.63, 3.8) is 0 Å². The highest BCUT2D eigenvalue weighted by Gasteiger charge is 2.27. The van der Waals surface area contributed by atoms with E-state index in [2.05, 4.69) is 11.2 Å². The Kier molecular flexibility index (Phi) is 3.37. The van der Waals surface area contributed by atoms with E-state index < -0.39 is 4.92 Å². The summed E-state index contributed by atoms with van der Waals surface area (Å²) in [7, 11) is 1.66. The van der Waals surface area contributed by atoms with Crippen molar-refractivity contribution in [2.24, 2.45) is 7.05 Å². The average molecular weight is 287 g/mol. The Balaban J connectivity index is 2.04. The van der Waals surface area contributed by atoms with Gasteiger partial charge in [-0.15, -0.1) is 0 Å². The largest absolute Gasteiger partial charge is 0.434 e. The molecule has 2 aromatic rings. The fourth-order valence-corrected chi connectivity index (χ4v) is 2.90. The van der Waals surface area contributed by atoms with Crippen LogP contribution in [0.15, 0.2) is 18.2 Å². The molecule has 1 aliphatic rings. The maximum atomic E-state index is 11.2. The van der Waals surface area contributed by atoms with Gasteiger partial charge in [-0.2, -0.15) is 5.10 Å². The van der Waals surface area contributed by atoms with Crippen LogP contribution in [0.3, 0.4) is 0 Å². The molecular formula is C15H17N3O3. The second-order valence-electron chi connectivity index (χ2n) is 5.32. The third kappa shape index (κ3) is 2.37. The summed E-state index contributed by atoms with van der Waals surface area (Å²) in [6.07, 6.45) is 4.30.